The summed E-state index contributed by atoms with van der Waals surface area (Å²) in [6.45, 7) is 2.60. The number of benzene rings is 1. The van der Waals surface area contributed by atoms with E-state index in [0.29, 0.717) is 6.54 Å². The first-order valence-corrected chi connectivity index (χ1v) is 7.40. The standard InChI is InChI=1S/C13H16BrN3S/c1-9-6-13(17(2)16-9)18-12(8-15)10-4-3-5-11(14)7-10/h3-7,12H,8,15H2,1-2H3. The van der Waals surface area contributed by atoms with Crippen molar-refractivity contribution >= 4 is 27.7 Å². The zero-order valence-corrected chi connectivity index (χ0v) is 12.8. The lowest BCUT2D eigenvalue weighted by Crippen LogP contribution is -2.10. The Bertz CT molecular complexity index is 539. The van der Waals surface area contributed by atoms with Crippen molar-refractivity contribution in [2.45, 2.75) is 17.2 Å². The molecule has 0 amide bonds. The number of aryl methyl sites for hydroxylation is 2. The number of hydrogen-bond donors (Lipinski definition) is 1. The number of rotatable bonds is 4. The highest BCUT2D eigenvalue weighted by Crippen LogP contribution is 2.35. The molecule has 0 radical (unpaired) electrons. The van der Waals surface area contributed by atoms with Crippen molar-refractivity contribution in [1.29, 1.82) is 0 Å². The molecule has 1 atom stereocenters. The summed E-state index contributed by atoms with van der Waals surface area (Å²) in [5.41, 5.74) is 8.16. The molecule has 96 valence electrons. The van der Waals surface area contributed by atoms with Crippen LogP contribution in [-0.2, 0) is 7.05 Å². The second kappa shape index (κ2) is 5.91. The molecule has 0 saturated carbocycles. The van der Waals surface area contributed by atoms with Crippen molar-refractivity contribution < 1.29 is 0 Å². The number of nitrogens with zero attached hydrogens (tertiary/aromatic N) is 2. The van der Waals surface area contributed by atoms with E-state index in [1.807, 2.05) is 30.8 Å². The second-order valence-corrected chi connectivity index (χ2v) is 6.28. The third-order valence-electron chi connectivity index (χ3n) is 2.66. The fourth-order valence-electron chi connectivity index (χ4n) is 1.80. The van der Waals surface area contributed by atoms with Gasteiger partial charge in [-0.15, -0.1) is 0 Å². The molecule has 0 fully saturated rings. The highest BCUT2D eigenvalue weighted by Gasteiger charge is 2.14. The molecule has 0 aliphatic carbocycles. The van der Waals surface area contributed by atoms with Crippen molar-refractivity contribution in [2.24, 2.45) is 12.8 Å². The minimum absolute atomic E-state index is 0.248. The monoisotopic (exact) mass is 325 g/mol. The molecule has 0 aliphatic heterocycles. The number of nitrogens with two attached hydrogens (primary N) is 1. The molecule has 3 nitrogen and oxygen atoms in total. The minimum Gasteiger partial charge on any atom is -0.329 e. The summed E-state index contributed by atoms with van der Waals surface area (Å²) in [6.07, 6.45) is 0. The van der Waals surface area contributed by atoms with E-state index in [2.05, 4.69) is 39.2 Å². The molecule has 0 spiro atoms. The van der Waals surface area contributed by atoms with Crippen molar-refractivity contribution in [3.05, 3.63) is 46.1 Å². The zero-order valence-electron chi connectivity index (χ0n) is 10.4. The van der Waals surface area contributed by atoms with E-state index in [9.17, 15) is 0 Å². The second-order valence-electron chi connectivity index (χ2n) is 4.14. The average molecular weight is 326 g/mol. The average Bonchev–Trinajstić information content (AvgIpc) is 2.64. The Morgan fingerprint density at radius 1 is 1.44 bits per heavy atom. The zero-order chi connectivity index (χ0) is 13.1. The van der Waals surface area contributed by atoms with Crippen LogP contribution in [0.4, 0.5) is 0 Å². The Hall–Kier alpha value is -0.780. The van der Waals surface area contributed by atoms with Gasteiger partial charge in [0, 0.05) is 23.3 Å². The predicted octanol–water partition coefficient (Wildman–Crippen LogP) is 3.28. The van der Waals surface area contributed by atoms with Crippen molar-refractivity contribution in [3.8, 4) is 0 Å². The van der Waals surface area contributed by atoms with Crippen LogP contribution in [0.1, 0.15) is 16.5 Å². The summed E-state index contributed by atoms with van der Waals surface area (Å²) in [5, 5.41) is 5.74. The van der Waals surface area contributed by atoms with Crippen molar-refractivity contribution in [3.63, 3.8) is 0 Å². The smallest absolute Gasteiger partial charge is 0.0945 e. The molecular formula is C13H16BrN3S. The van der Waals surface area contributed by atoms with E-state index in [0.717, 1.165) is 15.2 Å². The van der Waals surface area contributed by atoms with Crippen LogP contribution in [0.3, 0.4) is 0 Å². The number of halogens is 1. The Morgan fingerprint density at radius 3 is 2.78 bits per heavy atom. The highest BCUT2D eigenvalue weighted by atomic mass is 79.9. The van der Waals surface area contributed by atoms with Gasteiger partial charge in [0.15, 0.2) is 0 Å². The molecule has 5 heteroatoms. The third-order valence-corrected chi connectivity index (χ3v) is 4.52. The number of aromatic nitrogens is 2. The van der Waals surface area contributed by atoms with Gasteiger partial charge in [-0.1, -0.05) is 39.8 Å². The molecule has 1 unspecified atom stereocenters. The fourth-order valence-corrected chi connectivity index (χ4v) is 3.32. The minimum atomic E-state index is 0.248. The lowest BCUT2D eigenvalue weighted by atomic mass is 10.1. The molecule has 2 rings (SSSR count). The molecule has 2 aromatic rings. The van der Waals surface area contributed by atoms with Gasteiger partial charge in [0.2, 0.25) is 0 Å². The quantitative estimate of drug-likeness (QED) is 0.877. The van der Waals surface area contributed by atoms with Crippen LogP contribution in [0.2, 0.25) is 0 Å². The van der Waals surface area contributed by atoms with E-state index in [4.69, 9.17) is 5.73 Å². The van der Waals surface area contributed by atoms with Gasteiger partial charge < -0.3 is 5.73 Å². The van der Waals surface area contributed by atoms with Gasteiger partial charge in [0.05, 0.1) is 10.7 Å². The van der Waals surface area contributed by atoms with Crippen LogP contribution in [0.15, 0.2) is 39.8 Å². The van der Waals surface area contributed by atoms with Gasteiger partial charge in [-0.2, -0.15) is 5.10 Å². The normalized spacial score (nSPS) is 12.7. The Morgan fingerprint density at radius 2 is 2.22 bits per heavy atom. The summed E-state index contributed by atoms with van der Waals surface area (Å²) < 4.78 is 2.99. The van der Waals surface area contributed by atoms with Gasteiger partial charge in [-0.3, -0.25) is 4.68 Å². The molecule has 0 aliphatic rings. The van der Waals surface area contributed by atoms with Gasteiger partial charge in [-0.05, 0) is 30.7 Å². The van der Waals surface area contributed by atoms with E-state index in [1.54, 1.807) is 11.8 Å². The first-order chi connectivity index (χ1) is 8.60. The van der Waals surface area contributed by atoms with E-state index in [-0.39, 0.29) is 5.25 Å². The SMILES string of the molecule is Cc1cc(SC(CN)c2cccc(Br)c2)n(C)n1. The topological polar surface area (TPSA) is 43.8 Å². The largest absolute Gasteiger partial charge is 0.329 e. The van der Waals surface area contributed by atoms with Crippen LogP contribution in [-0.4, -0.2) is 16.3 Å². The summed E-state index contributed by atoms with van der Waals surface area (Å²) >= 11 is 5.25. The lowest BCUT2D eigenvalue weighted by molar-refractivity contribution is 0.690. The van der Waals surface area contributed by atoms with Crippen LogP contribution >= 0.6 is 27.7 Å². The first kappa shape index (κ1) is 13.6. The van der Waals surface area contributed by atoms with Gasteiger partial charge in [0.1, 0.15) is 0 Å². The third kappa shape index (κ3) is 3.16. The first-order valence-electron chi connectivity index (χ1n) is 5.73. The lowest BCUT2D eigenvalue weighted by Gasteiger charge is -2.15. The van der Waals surface area contributed by atoms with Crippen molar-refractivity contribution in [2.75, 3.05) is 6.54 Å². The van der Waals surface area contributed by atoms with E-state index < -0.39 is 0 Å². The molecular weight excluding hydrogens is 310 g/mol. The Labute approximate surface area is 120 Å². The number of hydrogen-bond acceptors (Lipinski definition) is 3. The van der Waals surface area contributed by atoms with Gasteiger partial charge in [-0.25, -0.2) is 0 Å². The van der Waals surface area contributed by atoms with Crippen molar-refractivity contribution in [1.82, 2.24) is 9.78 Å². The molecule has 1 aromatic heterocycles. The van der Waals surface area contributed by atoms with Gasteiger partial charge >= 0.3 is 0 Å². The molecule has 1 heterocycles. The molecule has 18 heavy (non-hydrogen) atoms. The summed E-state index contributed by atoms with van der Waals surface area (Å²) in [7, 11) is 1.96. The maximum absolute atomic E-state index is 5.89. The predicted molar refractivity (Wildman–Crippen MR) is 79.7 cm³/mol. The fraction of sp³-hybridized carbons (Fsp3) is 0.308. The molecule has 0 saturated heterocycles. The molecule has 0 bridgehead atoms. The van der Waals surface area contributed by atoms with E-state index >= 15 is 0 Å². The van der Waals surface area contributed by atoms with E-state index in [1.165, 1.54) is 5.56 Å². The van der Waals surface area contributed by atoms with Gasteiger partial charge in [0.25, 0.3) is 0 Å². The highest BCUT2D eigenvalue weighted by molar-refractivity contribution is 9.10. The van der Waals surface area contributed by atoms with Crippen LogP contribution in [0.5, 0.6) is 0 Å². The summed E-state index contributed by atoms with van der Waals surface area (Å²) in [6, 6.07) is 10.4. The van der Waals surface area contributed by atoms with Crippen LogP contribution in [0, 0.1) is 6.92 Å². The number of thioether (sulfide) groups is 1. The van der Waals surface area contributed by atoms with Crippen LogP contribution < -0.4 is 5.73 Å². The molecule has 1 aromatic carbocycles. The van der Waals surface area contributed by atoms with Crippen LogP contribution in [0.25, 0.3) is 0 Å². The Balaban J connectivity index is 2.22. The maximum atomic E-state index is 5.89. The maximum Gasteiger partial charge on any atom is 0.0945 e. The Kier molecular flexibility index (Phi) is 4.48. The molecule has 2 N–H and O–H groups in total. The summed E-state index contributed by atoms with van der Waals surface area (Å²) in [4.78, 5) is 0. The summed E-state index contributed by atoms with van der Waals surface area (Å²) in [5.74, 6) is 0.